The van der Waals surface area contributed by atoms with E-state index in [2.05, 4.69) is 42.4 Å². The quantitative estimate of drug-likeness (QED) is 0.712. The van der Waals surface area contributed by atoms with Gasteiger partial charge in [0.1, 0.15) is 20.2 Å². The zero-order valence-corrected chi connectivity index (χ0v) is 10.5. The molecule has 2 aromatic rings. The molecule has 3 rings (SSSR count). The highest BCUT2D eigenvalue weighted by atomic mass is 16.2. The number of carbonyl (C=O) groups is 1. The van der Waals surface area contributed by atoms with E-state index in [9.17, 15) is 4.79 Å². The van der Waals surface area contributed by atoms with Crippen LogP contribution >= 0.6 is 0 Å². The van der Waals surface area contributed by atoms with Crippen LogP contribution in [0.15, 0.2) is 30.5 Å². The molecule has 0 aliphatic carbocycles. The topological polar surface area (TPSA) is 46.9 Å². The number of imidazole rings is 1. The van der Waals surface area contributed by atoms with Crippen LogP contribution < -0.4 is 10.8 Å². The molecular formula is C13H14BN3O. The van der Waals surface area contributed by atoms with Crippen molar-refractivity contribution in [1.29, 1.82) is 0 Å². The van der Waals surface area contributed by atoms with E-state index in [1.807, 2.05) is 17.7 Å². The molecule has 1 aliphatic rings. The van der Waals surface area contributed by atoms with Crippen molar-refractivity contribution in [2.24, 2.45) is 0 Å². The number of rotatable bonds is 1. The van der Waals surface area contributed by atoms with E-state index in [-0.39, 0.29) is 11.9 Å². The van der Waals surface area contributed by atoms with Gasteiger partial charge >= 0.3 is 0 Å². The van der Waals surface area contributed by atoms with Gasteiger partial charge in [-0.25, -0.2) is 4.98 Å². The number of fused-ring (bicyclic) bond motifs is 1. The van der Waals surface area contributed by atoms with Crippen LogP contribution in [-0.2, 0) is 11.3 Å². The fraction of sp³-hybridized carbons (Fsp3) is 0.231. The number of benzene rings is 1. The van der Waals surface area contributed by atoms with Gasteiger partial charge < -0.3 is 9.88 Å². The second-order valence-electron chi connectivity index (χ2n) is 4.77. The Labute approximate surface area is 106 Å². The zero-order valence-electron chi connectivity index (χ0n) is 10.5. The maximum absolute atomic E-state index is 11.5. The Bertz CT molecular complexity index is 603. The van der Waals surface area contributed by atoms with Crippen LogP contribution in [0.2, 0.25) is 0 Å². The fourth-order valence-electron chi connectivity index (χ4n) is 2.27. The molecule has 0 saturated carbocycles. The Morgan fingerprint density at radius 2 is 2.11 bits per heavy atom. The van der Waals surface area contributed by atoms with Crippen molar-refractivity contribution in [3.63, 3.8) is 0 Å². The van der Waals surface area contributed by atoms with E-state index in [0.29, 0.717) is 6.54 Å². The van der Waals surface area contributed by atoms with Gasteiger partial charge in [0.05, 0.1) is 11.7 Å². The molecule has 1 aliphatic heterocycles. The molecule has 2 heterocycles. The van der Waals surface area contributed by atoms with Gasteiger partial charge in [-0.3, -0.25) is 4.79 Å². The largest absolute Gasteiger partial charge is 0.345 e. The molecule has 1 unspecified atom stereocenters. The molecular weight excluding hydrogens is 225 g/mol. The van der Waals surface area contributed by atoms with Gasteiger partial charge in [0.25, 0.3) is 0 Å². The Morgan fingerprint density at radius 1 is 1.39 bits per heavy atom. The molecule has 1 aromatic carbocycles. The molecule has 5 heteroatoms. The van der Waals surface area contributed by atoms with Crippen LogP contribution in [0.3, 0.4) is 0 Å². The van der Waals surface area contributed by atoms with Gasteiger partial charge in [-0.1, -0.05) is 29.7 Å². The smallest absolute Gasteiger partial charge is 0.240 e. The summed E-state index contributed by atoms with van der Waals surface area (Å²) >= 11 is 0. The number of hydrogen-bond acceptors (Lipinski definition) is 2. The lowest BCUT2D eigenvalue weighted by Crippen LogP contribution is -2.37. The van der Waals surface area contributed by atoms with Crippen molar-refractivity contribution in [3.05, 3.63) is 36.3 Å². The summed E-state index contributed by atoms with van der Waals surface area (Å²) in [6, 6.07) is 8.24. The van der Waals surface area contributed by atoms with Crippen LogP contribution in [-0.4, -0.2) is 23.3 Å². The first-order valence-corrected chi connectivity index (χ1v) is 6.07. The van der Waals surface area contributed by atoms with Gasteiger partial charge in [0.15, 0.2) is 0 Å². The van der Waals surface area contributed by atoms with Crippen LogP contribution in [0, 0.1) is 0 Å². The molecule has 90 valence electrons. The molecule has 1 N–H and O–H groups in total. The van der Waals surface area contributed by atoms with E-state index < -0.39 is 0 Å². The normalized spacial score (nSPS) is 18.3. The van der Waals surface area contributed by atoms with Crippen LogP contribution in [0.4, 0.5) is 0 Å². The van der Waals surface area contributed by atoms with Crippen molar-refractivity contribution < 1.29 is 4.79 Å². The van der Waals surface area contributed by atoms with Gasteiger partial charge in [0, 0.05) is 11.8 Å². The second-order valence-corrected chi connectivity index (χ2v) is 4.77. The SMILES string of the molecule is Bc1ccc(-c2cn3c(n2)C(C)NC(=O)C3)cc1. The molecule has 0 fully saturated rings. The number of carbonyl (C=O) groups excluding carboxylic acids is 1. The van der Waals surface area contributed by atoms with Crippen LogP contribution in [0.1, 0.15) is 18.8 Å². The van der Waals surface area contributed by atoms with Crippen molar-refractivity contribution in [3.8, 4) is 11.3 Å². The predicted octanol–water partition coefficient (Wildman–Crippen LogP) is -0.000700. The molecule has 1 amide bonds. The summed E-state index contributed by atoms with van der Waals surface area (Å²) < 4.78 is 1.93. The third-order valence-electron chi connectivity index (χ3n) is 3.23. The zero-order chi connectivity index (χ0) is 12.7. The lowest BCUT2D eigenvalue weighted by molar-refractivity contribution is -0.123. The summed E-state index contributed by atoms with van der Waals surface area (Å²) in [6.45, 7) is 2.31. The molecule has 0 saturated heterocycles. The summed E-state index contributed by atoms with van der Waals surface area (Å²) in [6.07, 6.45) is 1.95. The van der Waals surface area contributed by atoms with Gasteiger partial charge in [-0.2, -0.15) is 0 Å². The first-order valence-electron chi connectivity index (χ1n) is 6.07. The minimum absolute atomic E-state index is 0.0227. The third kappa shape index (κ3) is 1.81. The minimum atomic E-state index is -0.0227. The molecule has 0 radical (unpaired) electrons. The summed E-state index contributed by atoms with van der Waals surface area (Å²) in [5, 5.41) is 2.89. The number of nitrogens with zero attached hydrogens (tertiary/aromatic N) is 2. The van der Waals surface area contributed by atoms with Gasteiger partial charge in [-0.15, -0.1) is 0 Å². The van der Waals surface area contributed by atoms with Gasteiger partial charge in [-0.05, 0) is 6.92 Å². The van der Waals surface area contributed by atoms with Crippen molar-refractivity contribution in [1.82, 2.24) is 14.9 Å². The van der Waals surface area contributed by atoms with E-state index in [4.69, 9.17) is 0 Å². The van der Waals surface area contributed by atoms with E-state index in [0.717, 1.165) is 17.1 Å². The van der Waals surface area contributed by atoms with E-state index in [1.165, 1.54) is 5.46 Å². The lowest BCUT2D eigenvalue weighted by atomic mass is 9.95. The van der Waals surface area contributed by atoms with Gasteiger partial charge in [0.2, 0.25) is 5.91 Å². The molecule has 0 bridgehead atoms. The first kappa shape index (κ1) is 11.1. The van der Waals surface area contributed by atoms with Crippen LogP contribution in [0.5, 0.6) is 0 Å². The average molecular weight is 239 g/mol. The molecule has 18 heavy (non-hydrogen) atoms. The second kappa shape index (κ2) is 4.01. The Morgan fingerprint density at radius 3 is 2.83 bits per heavy atom. The van der Waals surface area contributed by atoms with E-state index >= 15 is 0 Å². The summed E-state index contributed by atoms with van der Waals surface area (Å²) in [7, 11) is 2.06. The average Bonchev–Trinajstić information content (AvgIpc) is 2.74. The summed E-state index contributed by atoms with van der Waals surface area (Å²) in [5.74, 6) is 0.966. The Balaban J connectivity index is 2.03. The maximum atomic E-state index is 11.5. The molecule has 1 aromatic heterocycles. The molecule has 4 nitrogen and oxygen atoms in total. The maximum Gasteiger partial charge on any atom is 0.240 e. The lowest BCUT2D eigenvalue weighted by Gasteiger charge is -2.20. The summed E-state index contributed by atoms with van der Waals surface area (Å²) in [5.41, 5.74) is 3.24. The molecule has 0 spiro atoms. The standard InChI is InChI=1S/C13H14BN3O/c1-8-13-16-11(6-17(13)7-12(18)15-8)9-2-4-10(14)5-3-9/h2-6,8H,7,14H2,1H3,(H,15,18). The fourth-order valence-corrected chi connectivity index (χ4v) is 2.27. The minimum Gasteiger partial charge on any atom is -0.345 e. The Kier molecular flexibility index (Phi) is 2.47. The van der Waals surface area contributed by atoms with Crippen LogP contribution in [0.25, 0.3) is 11.3 Å². The van der Waals surface area contributed by atoms with Crippen molar-refractivity contribution in [2.45, 2.75) is 19.5 Å². The monoisotopic (exact) mass is 239 g/mol. The van der Waals surface area contributed by atoms with Crippen molar-refractivity contribution >= 4 is 19.2 Å². The number of hydrogen-bond donors (Lipinski definition) is 1. The highest BCUT2D eigenvalue weighted by molar-refractivity contribution is 6.32. The van der Waals surface area contributed by atoms with E-state index in [1.54, 1.807) is 0 Å². The summed E-state index contributed by atoms with van der Waals surface area (Å²) in [4.78, 5) is 16.1. The third-order valence-corrected chi connectivity index (χ3v) is 3.23. The number of aromatic nitrogens is 2. The number of amides is 1. The predicted molar refractivity (Wildman–Crippen MR) is 72.4 cm³/mol. The number of nitrogens with one attached hydrogen (secondary N) is 1. The van der Waals surface area contributed by atoms with Crippen molar-refractivity contribution in [2.75, 3.05) is 0 Å². The first-order chi connectivity index (χ1) is 8.63. The molecule has 1 atom stereocenters. The highest BCUT2D eigenvalue weighted by Gasteiger charge is 2.23. The highest BCUT2D eigenvalue weighted by Crippen LogP contribution is 2.23. The Hall–Kier alpha value is -2.04.